The number of fused-ring (bicyclic) bond motifs is 3. The number of amides is 1. The molecule has 0 atom stereocenters. The Labute approximate surface area is 193 Å². The van der Waals surface area contributed by atoms with Crippen molar-refractivity contribution >= 4 is 5.91 Å². The van der Waals surface area contributed by atoms with Crippen LogP contribution in [0.2, 0.25) is 0 Å². The van der Waals surface area contributed by atoms with Crippen molar-refractivity contribution in [2.24, 2.45) is 0 Å². The number of ether oxygens (including phenoxy) is 2. The van der Waals surface area contributed by atoms with E-state index in [2.05, 4.69) is 16.1 Å². The van der Waals surface area contributed by atoms with Crippen molar-refractivity contribution in [1.82, 2.24) is 19.7 Å². The third-order valence-electron chi connectivity index (χ3n) is 5.63. The Balaban J connectivity index is 1.51. The summed E-state index contributed by atoms with van der Waals surface area (Å²) in [5.74, 6) is 1.91. The lowest BCUT2D eigenvalue weighted by atomic mass is 10.0. The Kier molecular flexibility index (Phi) is 7.34. The average Bonchev–Trinajstić information content (AvgIpc) is 3.11. The van der Waals surface area contributed by atoms with Crippen LogP contribution in [-0.2, 0) is 29.0 Å². The molecule has 2 aromatic carbocycles. The van der Waals surface area contributed by atoms with Crippen LogP contribution in [-0.4, -0.2) is 51.9 Å². The molecule has 1 aliphatic rings. The molecule has 0 N–H and O–H groups in total. The second-order valence-electron chi connectivity index (χ2n) is 8.20. The largest absolute Gasteiger partial charge is 0.491 e. The second kappa shape index (κ2) is 10.6. The monoisotopic (exact) mass is 452 g/mol. The average molecular weight is 453 g/mol. The molecule has 2 bridgehead atoms. The highest BCUT2D eigenvalue weighted by molar-refractivity contribution is 5.76. The van der Waals surface area contributed by atoms with Crippen LogP contribution in [0.1, 0.15) is 34.8 Å². The molecule has 0 spiro atoms. The van der Waals surface area contributed by atoms with Gasteiger partial charge in [-0.2, -0.15) is 5.10 Å². The Bertz CT molecular complexity index is 1110. The first-order chi connectivity index (χ1) is 16.0. The predicted molar refractivity (Wildman–Crippen MR) is 121 cm³/mol. The molecule has 174 valence electrons. The first-order valence-corrected chi connectivity index (χ1v) is 11.2. The highest BCUT2D eigenvalue weighted by Crippen LogP contribution is 2.24. The maximum absolute atomic E-state index is 13.9. The molecule has 1 aromatic heterocycles. The van der Waals surface area contributed by atoms with E-state index < -0.39 is 0 Å². The summed E-state index contributed by atoms with van der Waals surface area (Å²) < 4.78 is 27.2. The van der Waals surface area contributed by atoms with Crippen molar-refractivity contribution < 1.29 is 18.7 Å². The van der Waals surface area contributed by atoms with E-state index in [-0.39, 0.29) is 11.7 Å². The fourth-order valence-electron chi connectivity index (χ4n) is 4.02. The molecular weight excluding hydrogens is 423 g/mol. The van der Waals surface area contributed by atoms with Crippen molar-refractivity contribution in [3.63, 3.8) is 0 Å². The van der Waals surface area contributed by atoms with Gasteiger partial charge in [0.15, 0.2) is 0 Å². The van der Waals surface area contributed by atoms with Crippen molar-refractivity contribution in [3.05, 3.63) is 76.6 Å². The van der Waals surface area contributed by atoms with Crippen LogP contribution in [0.4, 0.5) is 4.39 Å². The third-order valence-corrected chi connectivity index (χ3v) is 5.63. The molecule has 0 radical (unpaired) electrons. The van der Waals surface area contributed by atoms with Gasteiger partial charge in [-0.05, 0) is 43.2 Å². The summed E-state index contributed by atoms with van der Waals surface area (Å²) in [4.78, 5) is 19.2. The first kappa shape index (κ1) is 22.9. The fraction of sp³-hybridized carbons (Fsp3) is 0.400. The van der Waals surface area contributed by atoms with Gasteiger partial charge < -0.3 is 14.4 Å². The highest BCUT2D eigenvalue weighted by Gasteiger charge is 2.16. The van der Waals surface area contributed by atoms with Crippen LogP contribution in [0.3, 0.4) is 0 Å². The van der Waals surface area contributed by atoms with Crippen LogP contribution in [0, 0.1) is 19.7 Å². The number of halogens is 1. The number of carbonyl (C=O) groups excluding carboxylic acids is 1. The number of hydrogen-bond donors (Lipinski definition) is 0. The van der Waals surface area contributed by atoms with Gasteiger partial charge in [0.25, 0.3) is 0 Å². The number of carbonyl (C=O) groups is 1. The van der Waals surface area contributed by atoms with Crippen molar-refractivity contribution in [3.8, 4) is 5.75 Å². The molecule has 2 heterocycles. The van der Waals surface area contributed by atoms with Gasteiger partial charge in [0.05, 0.1) is 19.8 Å². The van der Waals surface area contributed by atoms with Crippen molar-refractivity contribution in [2.75, 3.05) is 26.4 Å². The summed E-state index contributed by atoms with van der Waals surface area (Å²) in [7, 11) is 0. The molecule has 1 amide bonds. The molecule has 0 fully saturated rings. The first-order valence-electron chi connectivity index (χ1n) is 11.2. The summed E-state index contributed by atoms with van der Waals surface area (Å²) in [5.41, 5.74) is 2.84. The van der Waals surface area contributed by atoms with E-state index in [1.165, 1.54) is 12.1 Å². The van der Waals surface area contributed by atoms with E-state index in [4.69, 9.17) is 9.47 Å². The van der Waals surface area contributed by atoms with E-state index in [9.17, 15) is 9.18 Å². The number of aromatic nitrogens is 3. The van der Waals surface area contributed by atoms with Crippen LogP contribution >= 0.6 is 0 Å². The van der Waals surface area contributed by atoms with E-state index >= 15 is 0 Å². The number of aryl methyl sites for hydroxylation is 3. The summed E-state index contributed by atoms with van der Waals surface area (Å²) in [6, 6.07) is 12.6. The van der Waals surface area contributed by atoms with Gasteiger partial charge in [-0.15, -0.1) is 0 Å². The minimum absolute atomic E-state index is 0.0346. The van der Waals surface area contributed by atoms with E-state index in [0.29, 0.717) is 63.9 Å². The molecule has 1 aliphatic heterocycles. The minimum atomic E-state index is -0.291. The molecule has 0 saturated carbocycles. The number of rotatable bonds is 3. The lowest BCUT2D eigenvalue weighted by Gasteiger charge is -2.24. The van der Waals surface area contributed by atoms with Gasteiger partial charge in [-0.3, -0.25) is 4.79 Å². The zero-order chi connectivity index (χ0) is 23.2. The molecule has 8 heteroatoms. The molecule has 33 heavy (non-hydrogen) atoms. The number of benzene rings is 2. The molecule has 4 rings (SSSR count). The molecule has 3 aromatic rings. The Morgan fingerprint density at radius 2 is 1.94 bits per heavy atom. The quantitative estimate of drug-likeness (QED) is 0.609. The molecule has 0 aliphatic carbocycles. The van der Waals surface area contributed by atoms with Gasteiger partial charge in [0.1, 0.15) is 29.8 Å². The summed E-state index contributed by atoms with van der Waals surface area (Å²) in [5, 5.41) is 4.34. The molecular formula is C25H29FN4O3. The van der Waals surface area contributed by atoms with Gasteiger partial charge in [0, 0.05) is 31.5 Å². The maximum atomic E-state index is 13.9. The highest BCUT2D eigenvalue weighted by atomic mass is 19.1. The Morgan fingerprint density at radius 3 is 2.76 bits per heavy atom. The maximum Gasteiger partial charge on any atom is 0.224 e. The third kappa shape index (κ3) is 6.16. The summed E-state index contributed by atoms with van der Waals surface area (Å²) in [6.07, 6.45) is 0.875. The molecule has 7 nitrogen and oxygen atoms in total. The lowest BCUT2D eigenvalue weighted by Crippen LogP contribution is -2.34. The Morgan fingerprint density at radius 1 is 1.09 bits per heavy atom. The fourth-order valence-corrected chi connectivity index (χ4v) is 4.02. The number of nitrogens with zero attached hydrogens (tertiary/aromatic N) is 4. The normalized spacial score (nSPS) is 14.8. The van der Waals surface area contributed by atoms with Crippen molar-refractivity contribution in [1.29, 1.82) is 0 Å². The van der Waals surface area contributed by atoms with Crippen LogP contribution < -0.4 is 4.74 Å². The standard InChI is InChI=1S/C25H29FN4O3/c1-18-27-19(2)30(28-18)9-8-25(31)29-10-11-32-12-13-33-24-7-6-23(26)16-22(24)15-20-4-3-5-21(14-20)17-29/h3-7,14,16H,8-13,15,17H2,1-2H3. The lowest BCUT2D eigenvalue weighted by molar-refractivity contribution is -0.133. The summed E-state index contributed by atoms with van der Waals surface area (Å²) >= 11 is 0. The molecule has 0 unspecified atom stereocenters. The van der Waals surface area contributed by atoms with Gasteiger partial charge in [0.2, 0.25) is 5.91 Å². The zero-order valence-electron chi connectivity index (χ0n) is 19.1. The second-order valence-corrected chi connectivity index (χ2v) is 8.20. The van der Waals surface area contributed by atoms with Gasteiger partial charge in [-0.25, -0.2) is 14.1 Å². The Hall–Kier alpha value is -3.26. The predicted octanol–water partition coefficient (Wildman–Crippen LogP) is 3.45. The van der Waals surface area contributed by atoms with Gasteiger partial charge in [-0.1, -0.05) is 24.3 Å². The SMILES string of the molecule is Cc1nc(C)n(CCC(=O)N2CCOCCOc3ccc(F)cc3Cc3cccc(c3)C2)n1. The van der Waals surface area contributed by atoms with Crippen LogP contribution in [0.15, 0.2) is 42.5 Å². The summed E-state index contributed by atoms with van der Waals surface area (Å²) in [6.45, 7) is 6.34. The van der Waals surface area contributed by atoms with Crippen molar-refractivity contribution in [2.45, 2.75) is 39.8 Å². The smallest absolute Gasteiger partial charge is 0.224 e. The number of hydrogen-bond acceptors (Lipinski definition) is 5. The minimum Gasteiger partial charge on any atom is -0.491 e. The van der Waals surface area contributed by atoms with E-state index in [1.54, 1.807) is 10.7 Å². The van der Waals surface area contributed by atoms with E-state index in [0.717, 1.165) is 22.5 Å². The van der Waals surface area contributed by atoms with Gasteiger partial charge >= 0.3 is 0 Å². The zero-order valence-corrected chi connectivity index (χ0v) is 19.1. The van der Waals surface area contributed by atoms with Crippen LogP contribution in [0.25, 0.3) is 0 Å². The molecule has 0 saturated heterocycles. The topological polar surface area (TPSA) is 69.5 Å². The van der Waals surface area contributed by atoms with E-state index in [1.807, 2.05) is 36.9 Å². The van der Waals surface area contributed by atoms with Crippen LogP contribution in [0.5, 0.6) is 5.75 Å².